The average Bonchev–Trinajstić information content (AvgIpc) is 2.94. The predicted octanol–water partition coefficient (Wildman–Crippen LogP) is 3.30. The summed E-state index contributed by atoms with van der Waals surface area (Å²) in [5.74, 6) is -1.14. The quantitative estimate of drug-likeness (QED) is 0.464. The van der Waals surface area contributed by atoms with E-state index < -0.39 is 34.0 Å². The lowest BCUT2D eigenvalue weighted by molar-refractivity contribution is 0.00578. The molecule has 32 heavy (non-hydrogen) atoms. The second-order valence-electron chi connectivity index (χ2n) is 8.86. The topological polar surface area (TPSA) is 78.9 Å². The standard InChI is InChI=1S/C23H28BFO6S/c1-7-32(27,28)14-15-8-10-17(21(26)16-9-11-19(25)20(13-16)29-6)18(12-15)24-30-22(2,3)23(4,5)31-24/h8-13H,7,14H2,1-6H3. The number of sulfone groups is 1. The molecule has 2 aromatic rings. The Balaban J connectivity index is 2.10. The summed E-state index contributed by atoms with van der Waals surface area (Å²) in [5, 5.41) is 0. The number of benzene rings is 2. The third-order valence-corrected chi connectivity index (χ3v) is 7.76. The lowest BCUT2D eigenvalue weighted by atomic mass is 9.73. The Labute approximate surface area is 189 Å². The van der Waals surface area contributed by atoms with E-state index in [1.807, 2.05) is 27.7 Å². The minimum atomic E-state index is -3.28. The van der Waals surface area contributed by atoms with E-state index in [9.17, 15) is 17.6 Å². The number of carbonyl (C=O) groups excluding carboxylic acids is 1. The molecule has 0 bridgehead atoms. The second-order valence-corrected chi connectivity index (χ2v) is 11.2. The molecule has 1 fully saturated rings. The second kappa shape index (κ2) is 8.61. The highest BCUT2D eigenvalue weighted by Gasteiger charge is 2.52. The predicted molar refractivity (Wildman–Crippen MR) is 122 cm³/mol. The molecule has 6 nitrogen and oxygen atoms in total. The van der Waals surface area contributed by atoms with Crippen LogP contribution in [0.3, 0.4) is 0 Å². The van der Waals surface area contributed by atoms with Crippen molar-refractivity contribution in [2.45, 2.75) is 51.6 Å². The molecule has 0 aromatic heterocycles. The number of ether oxygens (including phenoxy) is 1. The minimum absolute atomic E-state index is 0.00881. The highest BCUT2D eigenvalue weighted by Crippen LogP contribution is 2.37. The number of ketones is 1. The van der Waals surface area contributed by atoms with Crippen LogP contribution in [0.1, 0.15) is 56.1 Å². The Hall–Kier alpha value is -2.23. The maximum absolute atomic E-state index is 13.8. The lowest BCUT2D eigenvalue weighted by Crippen LogP contribution is -2.41. The van der Waals surface area contributed by atoms with Gasteiger partial charge in [-0.25, -0.2) is 12.8 Å². The first kappa shape index (κ1) is 24.4. The SMILES string of the molecule is CCS(=O)(=O)Cc1ccc(C(=O)c2ccc(F)c(OC)c2)c(B2OC(C)(C)C(C)(C)O2)c1. The van der Waals surface area contributed by atoms with Gasteiger partial charge in [0.05, 0.1) is 24.1 Å². The molecule has 0 aliphatic carbocycles. The highest BCUT2D eigenvalue weighted by atomic mass is 32.2. The van der Waals surface area contributed by atoms with Crippen LogP contribution in [0.2, 0.25) is 0 Å². The van der Waals surface area contributed by atoms with Crippen LogP contribution in [-0.2, 0) is 24.9 Å². The van der Waals surface area contributed by atoms with Gasteiger partial charge in [-0.15, -0.1) is 0 Å². The molecule has 172 valence electrons. The van der Waals surface area contributed by atoms with E-state index in [2.05, 4.69) is 0 Å². The van der Waals surface area contributed by atoms with Crippen molar-refractivity contribution in [1.29, 1.82) is 0 Å². The van der Waals surface area contributed by atoms with Gasteiger partial charge in [0.1, 0.15) is 0 Å². The molecular weight excluding hydrogens is 434 g/mol. The number of rotatable bonds is 7. The Bertz CT molecular complexity index is 1130. The van der Waals surface area contributed by atoms with Crippen molar-refractivity contribution in [3.63, 3.8) is 0 Å². The molecular formula is C23H28BFO6S. The third kappa shape index (κ3) is 4.75. The average molecular weight is 462 g/mol. The van der Waals surface area contributed by atoms with Gasteiger partial charge in [0.15, 0.2) is 27.2 Å². The van der Waals surface area contributed by atoms with Crippen LogP contribution in [0, 0.1) is 5.82 Å². The molecule has 1 heterocycles. The summed E-state index contributed by atoms with van der Waals surface area (Å²) in [6.07, 6.45) is 0. The summed E-state index contributed by atoms with van der Waals surface area (Å²) in [7, 11) is -2.83. The van der Waals surface area contributed by atoms with Gasteiger partial charge in [-0.2, -0.15) is 0 Å². The summed E-state index contributed by atoms with van der Waals surface area (Å²) < 4.78 is 55.5. The van der Waals surface area contributed by atoms with Crippen molar-refractivity contribution in [1.82, 2.24) is 0 Å². The van der Waals surface area contributed by atoms with E-state index in [1.165, 1.54) is 25.3 Å². The van der Waals surface area contributed by atoms with Crippen LogP contribution in [0.25, 0.3) is 0 Å². The van der Waals surface area contributed by atoms with Gasteiger partial charge in [0, 0.05) is 16.9 Å². The molecule has 0 unspecified atom stereocenters. The van der Waals surface area contributed by atoms with Crippen LogP contribution in [0.4, 0.5) is 4.39 Å². The van der Waals surface area contributed by atoms with Crippen molar-refractivity contribution in [3.05, 3.63) is 58.9 Å². The Morgan fingerprint density at radius 2 is 1.69 bits per heavy atom. The Kier molecular flexibility index (Phi) is 6.57. The zero-order chi connectivity index (χ0) is 23.9. The van der Waals surface area contributed by atoms with Crippen LogP contribution < -0.4 is 10.2 Å². The van der Waals surface area contributed by atoms with Crippen molar-refractivity contribution in [2.75, 3.05) is 12.9 Å². The van der Waals surface area contributed by atoms with Gasteiger partial charge >= 0.3 is 7.12 Å². The van der Waals surface area contributed by atoms with Gasteiger partial charge in [-0.05, 0) is 56.9 Å². The van der Waals surface area contributed by atoms with Gasteiger partial charge < -0.3 is 14.0 Å². The van der Waals surface area contributed by atoms with Crippen molar-refractivity contribution in [2.24, 2.45) is 0 Å². The fourth-order valence-corrected chi connectivity index (χ4v) is 4.28. The third-order valence-electron chi connectivity index (χ3n) is 6.11. The molecule has 1 aliphatic heterocycles. The molecule has 0 radical (unpaired) electrons. The van der Waals surface area contributed by atoms with Crippen LogP contribution >= 0.6 is 0 Å². The van der Waals surface area contributed by atoms with E-state index in [0.29, 0.717) is 11.0 Å². The highest BCUT2D eigenvalue weighted by molar-refractivity contribution is 7.90. The van der Waals surface area contributed by atoms with E-state index >= 15 is 0 Å². The molecule has 9 heteroatoms. The molecule has 0 amide bonds. The minimum Gasteiger partial charge on any atom is -0.494 e. The molecule has 1 aliphatic rings. The number of hydrogen-bond acceptors (Lipinski definition) is 6. The van der Waals surface area contributed by atoms with Crippen LogP contribution in [-0.4, -0.2) is 45.4 Å². The fraction of sp³-hybridized carbons (Fsp3) is 0.435. The summed E-state index contributed by atoms with van der Waals surface area (Å²) in [6.45, 7) is 9.16. The molecule has 0 spiro atoms. The molecule has 1 saturated heterocycles. The first-order chi connectivity index (χ1) is 14.8. The summed E-state index contributed by atoms with van der Waals surface area (Å²) in [5.41, 5.74) is 0.181. The summed E-state index contributed by atoms with van der Waals surface area (Å²) in [6, 6.07) is 8.70. The Morgan fingerprint density at radius 1 is 1.06 bits per heavy atom. The normalized spacial score (nSPS) is 17.4. The first-order valence-corrected chi connectivity index (χ1v) is 12.2. The van der Waals surface area contributed by atoms with Crippen molar-refractivity contribution < 1.29 is 31.6 Å². The van der Waals surface area contributed by atoms with Crippen molar-refractivity contribution >= 4 is 28.2 Å². The molecule has 0 N–H and O–H groups in total. The summed E-state index contributed by atoms with van der Waals surface area (Å²) in [4.78, 5) is 13.4. The lowest BCUT2D eigenvalue weighted by Gasteiger charge is -2.32. The fourth-order valence-electron chi connectivity index (χ4n) is 3.39. The number of hydrogen-bond donors (Lipinski definition) is 0. The van der Waals surface area contributed by atoms with Crippen molar-refractivity contribution in [3.8, 4) is 5.75 Å². The Morgan fingerprint density at radius 3 is 2.25 bits per heavy atom. The monoisotopic (exact) mass is 462 g/mol. The number of carbonyl (C=O) groups is 1. The number of methoxy groups -OCH3 is 1. The summed E-state index contributed by atoms with van der Waals surface area (Å²) >= 11 is 0. The van der Waals surface area contributed by atoms with Gasteiger partial charge in [-0.3, -0.25) is 4.79 Å². The molecule has 0 saturated carbocycles. The maximum atomic E-state index is 13.8. The van der Waals surface area contributed by atoms with E-state index in [4.69, 9.17) is 14.0 Å². The first-order valence-electron chi connectivity index (χ1n) is 10.4. The zero-order valence-electron chi connectivity index (χ0n) is 19.2. The van der Waals surface area contributed by atoms with Gasteiger partial charge in [-0.1, -0.05) is 25.1 Å². The molecule has 3 rings (SSSR count). The maximum Gasteiger partial charge on any atom is 0.495 e. The largest absolute Gasteiger partial charge is 0.495 e. The molecule has 2 aromatic carbocycles. The van der Waals surface area contributed by atoms with E-state index in [1.54, 1.807) is 25.1 Å². The van der Waals surface area contributed by atoms with Gasteiger partial charge in [0.2, 0.25) is 0 Å². The van der Waals surface area contributed by atoms with Crippen LogP contribution in [0.15, 0.2) is 36.4 Å². The zero-order valence-corrected chi connectivity index (χ0v) is 20.0. The smallest absolute Gasteiger partial charge is 0.494 e. The van der Waals surface area contributed by atoms with E-state index in [0.717, 1.165) is 0 Å². The van der Waals surface area contributed by atoms with Gasteiger partial charge in [0.25, 0.3) is 0 Å². The van der Waals surface area contributed by atoms with E-state index in [-0.39, 0.29) is 34.2 Å². The number of halogens is 1. The van der Waals surface area contributed by atoms with Crippen LogP contribution in [0.5, 0.6) is 5.75 Å². The molecule has 0 atom stereocenters.